The summed E-state index contributed by atoms with van der Waals surface area (Å²) in [6, 6.07) is 78.9. The van der Waals surface area contributed by atoms with E-state index in [0.717, 1.165) is 99.8 Å². The number of pyridine rings is 4. The van der Waals surface area contributed by atoms with E-state index in [-0.39, 0.29) is 74.8 Å². The molecule has 29 heteroatoms. The number of benzene rings is 9. The molecule has 0 radical (unpaired) electrons. The number of aromatic nitrogens is 8. The van der Waals surface area contributed by atoms with Crippen molar-refractivity contribution in [3.05, 3.63) is 370 Å². The van der Waals surface area contributed by atoms with E-state index in [1.165, 1.54) is 23.9 Å². The SMILES string of the molecule is C.CCCOc1ccc(-c2ccc(CC(=O)NCc3cccc(C)c3)nc2)c(F)c1.COCC(COC)Oc1ccc(-c2ccc(CC(=O)NCc3cccc(C)c3)nc2)c(F)c1.Cc1cccc(CNC(=O)Cc2ccc(-c3ccc(OCCc4nn[nH]n4)cc3F)cn2)c1.O=C(Cc1ccc(-c2ccc(N3CCOCC3)cc2)cn1)NCc1ccccc1OCc1ccccc1.O=C=O. The fourth-order valence-corrected chi connectivity index (χ4v) is 14.0. The number of para-hydroxylation sites is 1. The summed E-state index contributed by atoms with van der Waals surface area (Å²) >= 11 is 0. The van der Waals surface area contributed by atoms with Gasteiger partial charge in [-0.2, -0.15) is 14.8 Å². The van der Waals surface area contributed by atoms with E-state index in [0.29, 0.717) is 139 Å². The number of hydrogen-bond acceptors (Lipinski definition) is 21. The number of aryl methyl sites for hydroxylation is 3. The normalized spacial score (nSPS) is 11.2. The lowest BCUT2D eigenvalue weighted by molar-refractivity contribution is -0.191. The lowest BCUT2D eigenvalue weighted by Gasteiger charge is -2.28. The monoisotopic (exact) mass is 1840 g/mol. The van der Waals surface area contributed by atoms with Crippen molar-refractivity contribution in [3.8, 4) is 67.5 Å². The summed E-state index contributed by atoms with van der Waals surface area (Å²) in [5.74, 6) is 1.01. The molecule has 9 aromatic carbocycles. The molecule has 14 aromatic rings. The highest BCUT2D eigenvalue weighted by Gasteiger charge is 2.19. The average molecular weight is 1850 g/mol. The third-order valence-electron chi connectivity index (χ3n) is 20.9. The number of anilines is 1. The number of amides is 4. The number of tetrazole rings is 1. The average Bonchev–Trinajstić information content (AvgIpc) is 0.894. The zero-order valence-electron chi connectivity index (χ0n) is 76.1. The number of carbonyl (C=O) groups excluding carboxylic acids is 6. The molecule has 15 rings (SSSR count). The topological polar surface area (TPSA) is 324 Å². The summed E-state index contributed by atoms with van der Waals surface area (Å²) in [4.78, 5) is 85.4. The van der Waals surface area contributed by atoms with E-state index in [1.807, 2.05) is 173 Å². The molecule has 704 valence electrons. The van der Waals surface area contributed by atoms with Gasteiger partial charge in [0.25, 0.3) is 0 Å². The molecule has 136 heavy (non-hydrogen) atoms. The maximum atomic E-state index is 14.7. The van der Waals surface area contributed by atoms with Crippen LogP contribution in [0.15, 0.2) is 280 Å². The summed E-state index contributed by atoms with van der Waals surface area (Å²) in [6.45, 7) is 15.3. The van der Waals surface area contributed by atoms with E-state index in [1.54, 1.807) is 106 Å². The van der Waals surface area contributed by atoms with Crippen LogP contribution in [-0.2, 0) is 108 Å². The zero-order valence-corrected chi connectivity index (χ0v) is 76.1. The maximum Gasteiger partial charge on any atom is 0.373 e. The van der Waals surface area contributed by atoms with Crippen molar-refractivity contribution in [3.63, 3.8) is 0 Å². The summed E-state index contributed by atoms with van der Waals surface area (Å²) < 4.78 is 82.1. The molecule has 0 bridgehead atoms. The van der Waals surface area contributed by atoms with Gasteiger partial charge in [0, 0.05) is 176 Å². The second-order valence-electron chi connectivity index (χ2n) is 31.4. The van der Waals surface area contributed by atoms with E-state index < -0.39 is 11.6 Å². The molecule has 1 aliphatic heterocycles. The molecule has 0 unspecified atom stereocenters. The van der Waals surface area contributed by atoms with Gasteiger partial charge in [0.15, 0.2) is 5.82 Å². The number of aromatic amines is 1. The fraction of sp³-hybridized carbons (Fsp3) is 0.252. The molecule has 0 atom stereocenters. The highest BCUT2D eigenvalue weighted by molar-refractivity contribution is 5.81. The standard InChI is InChI=1S/C31H31N3O3.C26H29FN2O4.C24H23FN6O2.C24H25FN2O2.CO2.CH4/c35-31(33-22-27-8-4-5-9-30(27)37-23-24-6-2-1-3-7-24)20-28-13-10-26(21-32-28)25-11-14-29(15-12-25)34-16-18-36-19-17-34;1-18-5-4-6-19(11-18)14-29-26(30)12-21-8-7-20(15-28-21)24-10-9-22(13-25(24)27)33-23(16-31-2)17-32-3;1-16-3-2-4-17(11-16)14-27-24(32)12-19-6-5-18(15-26-19)21-8-7-20(13-22(21)25)33-10-9-23-28-30-31-29-23;1-3-11-29-21-9-10-22(23(25)14-21)19-7-8-20(26-16-19)13-24(28)27-15-18-6-4-5-17(2)12-18;2-1-3;/h1-15,21H,16-20,22-23H2,(H,33,35);4-11,13,15,23H,12,14,16-17H2,1-3H3,(H,29,30);2-8,11,13,15H,9-10,12,14H2,1H3,(H,27,32)(H,28,29,30,31);4-10,12,14,16H,3,11,13,15H2,1-2H3,(H,27,28);;1H4. The van der Waals surface area contributed by atoms with Gasteiger partial charge in [-0.1, -0.05) is 194 Å². The lowest BCUT2D eigenvalue weighted by Crippen LogP contribution is -2.36. The van der Waals surface area contributed by atoms with Crippen LogP contribution in [0.4, 0.5) is 18.9 Å². The highest BCUT2D eigenvalue weighted by Crippen LogP contribution is 2.32. The van der Waals surface area contributed by atoms with Crippen LogP contribution in [0.25, 0.3) is 44.5 Å². The highest BCUT2D eigenvalue weighted by atomic mass is 19.1. The van der Waals surface area contributed by atoms with Gasteiger partial charge in [0.05, 0.1) is 65.3 Å². The van der Waals surface area contributed by atoms with E-state index >= 15 is 0 Å². The molecule has 0 saturated carbocycles. The molecular formula is C107H112F3N13O13. The number of nitrogens with one attached hydrogen (secondary N) is 5. The first-order chi connectivity index (χ1) is 65.7. The van der Waals surface area contributed by atoms with Crippen LogP contribution in [0.5, 0.6) is 23.0 Å². The Morgan fingerprint density at radius 2 is 0.853 bits per heavy atom. The molecule has 26 nitrogen and oxygen atoms in total. The van der Waals surface area contributed by atoms with Crippen molar-refractivity contribution in [1.82, 2.24) is 61.8 Å². The quantitative estimate of drug-likeness (QED) is 0.0241. The first kappa shape index (κ1) is 103. The van der Waals surface area contributed by atoms with Gasteiger partial charge >= 0.3 is 6.15 Å². The summed E-state index contributed by atoms with van der Waals surface area (Å²) in [6.07, 6.45) is 8.53. The molecule has 0 aliphatic carbocycles. The Bertz CT molecular complexity index is 6090. The first-order valence-corrected chi connectivity index (χ1v) is 44.0. The Hall–Kier alpha value is -15.4. The smallest absolute Gasteiger partial charge is 0.373 e. The number of methoxy groups -OCH3 is 2. The number of H-pyrrole nitrogens is 1. The molecule has 6 heterocycles. The minimum Gasteiger partial charge on any atom is -0.494 e. The van der Waals surface area contributed by atoms with Gasteiger partial charge in [0.1, 0.15) is 53.2 Å². The summed E-state index contributed by atoms with van der Waals surface area (Å²) in [5.41, 5.74) is 17.8. The van der Waals surface area contributed by atoms with Gasteiger partial charge in [0.2, 0.25) is 23.6 Å². The van der Waals surface area contributed by atoms with Crippen LogP contribution in [0, 0.1) is 38.2 Å². The van der Waals surface area contributed by atoms with Crippen LogP contribution in [0.2, 0.25) is 0 Å². The van der Waals surface area contributed by atoms with Crippen LogP contribution in [-0.4, -0.2) is 143 Å². The van der Waals surface area contributed by atoms with Crippen LogP contribution in [0.1, 0.15) is 93.9 Å². The van der Waals surface area contributed by atoms with Crippen molar-refractivity contribution in [1.29, 1.82) is 0 Å². The van der Waals surface area contributed by atoms with Crippen molar-refractivity contribution in [2.24, 2.45) is 0 Å². The Morgan fingerprint density at radius 3 is 1.26 bits per heavy atom. The Balaban J connectivity index is 0.000000186. The largest absolute Gasteiger partial charge is 0.494 e. The van der Waals surface area contributed by atoms with Crippen molar-refractivity contribution in [2.75, 3.05) is 71.9 Å². The van der Waals surface area contributed by atoms with Gasteiger partial charge in [-0.25, -0.2) is 13.2 Å². The number of halogens is 3. The molecule has 1 fully saturated rings. The van der Waals surface area contributed by atoms with Gasteiger partial charge in [-0.05, 0) is 134 Å². The Kier molecular flexibility index (Phi) is 41.7. The minimum atomic E-state index is -0.425. The Morgan fingerprint density at radius 1 is 0.449 bits per heavy atom. The molecule has 5 N–H and O–H groups in total. The molecule has 1 aliphatic rings. The summed E-state index contributed by atoms with van der Waals surface area (Å²) in [5, 5.41) is 25.2. The van der Waals surface area contributed by atoms with Crippen molar-refractivity contribution < 1.29 is 75.1 Å². The predicted molar refractivity (Wildman–Crippen MR) is 514 cm³/mol. The van der Waals surface area contributed by atoms with E-state index in [9.17, 15) is 32.3 Å². The fourth-order valence-electron chi connectivity index (χ4n) is 14.0. The minimum absolute atomic E-state index is 0. The molecular weight excluding hydrogens is 1730 g/mol. The number of rotatable bonds is 37. The number of carbonyl (C=O) groups is 4. The molecule has 5 aromatic heterocycles. The summed E-state index contributed by atoms with van der Waals surface area (Å²) in [7, 11) is 3.14. The number of ether oxygens (including phenoxy) is 7. The number of nitrogens with zero attached hydrogens (tertiary/aromatic N) is 8. The zero-order chi connectivity index (χ0) is 95.3. The molecule has 0 spiro atoms. The van der Waals surface area contributed by atoms with Crippen molar-refractivity contribution in [2.45, 2.75) is 113 Å². The van der Waals surface area contributed by atoms with Crippen LogP contribution < -0.4 is 45.1 Å². The van der Waals surface area contributed by atoms with Crippen molar-refractivity contribution >= 4 is 35.5 Å². The van der Waals surface area contributed by atoms with Gasteiger partial charge < -0.3 is 59.3 Å². The molecule has 1 saturated heterocycles. The van der Waals surface area contributed by atoms with Gasteiger partial charge in [-0.3, -0.25) is 39.1 Å². The van der Waals surface area contributed by atoms with Crippen LogP contribution >= 0.6 is 0 Å². The first-order valence-electron chi connectivity index (χ1n) is 44.0. The maximum absolute atomic E-state index is 14.7. The second kappa shape index (κ2) is 55.2. The second-order valence-corrected chi connectivity index (χ2v) is 31.4. The van der Waals surface area contributed by atoms with E-state index in [2.05, 4.69) is 91.0 Å². The number of morpholine rings is 1. The number of hydrogen-bond donors (Lipinski definition) is 5. The Labute approximate surface area is 790 Å². The van der Waals surface area contributed by atoms with Gasteiger partial charge in [-0.15, -0.1) is 10.2 Å². The predicted octanol–water partition coefficient (Wildman–Crippen LogP) is 17.2. The lowest BCUT2D eigenvalue weighted by atomic mass is 10.1. The third-order valence-corrected chi connectivity index (χ3v) is 20.9. The molecule has 4 amide bonds. The van der Waals surface area contributed by atoms with E-state index in [4.69, 9.17) is 42.7 Å². The van der Waals surface area contributed by atoms with Crippen LogP contribution in [0.3, 0.4) is 0 Å². The third kappa shape index (κ3) is 34.3.